The van der Waals surface area contributed by atoms with Gasteiger partial charge in [-0.1, -0.05) is 50.1 Å². The minimum atomic E-state index is -3.81. The molecule has 9 nitrogen and oxygen atoms in total. The molecule has 0 saturated heterocycles. The van der Waals surface area contributed by atoms with E-state index in [0.29, 0.717) is 23.6 Å². The molecule has 1 saturated carbocycles. The van der Waals surface area contributed by atoms with Crippen LogP contribution in [0.25, 0.3) is 0 Å². The molecule has 0 bridgehead atoms. The van der Waals surface area contributed by atoms with Crippen molar-refractivity contribution in [1.82, 2.24) is 10.2 Å². The summed E-state index contributed by atoms with van der Waals surface area (Å²) < 4.78 is 38.1. The molecule has 4 rings (SSSR count). The number of nitrogens with one attached hydrogen (secondary N) is 1. The van der Waals surface area contributed by atoms with Gasteiger partial charge in [-0.15, -0.1) is 0 Å². The van der Waals surface area contributed by atoms with Crippen LogP contribution in [0.1, 0.15) is 51.5 Å². The van der Waals surface area contributed by atoms with E-state index in [-0.39, 0.29) is 31.0 Å². The molecule has 2 aromatic carbocycles. The molecule has 10 heteroatoms. The van der Waals surface area contributed by atoms with E-state index in [1.54, 1.807) is 18.2 Å². The summed E-state index contributed by atoms with van der Waals surface area (Å²) in [6.45, 7) is 3.21. The molecule has 2 amide bonds. The fourth-order valence-electron chi connectivity index (χ4n) is 4.83. The zero-order valence-corrected chi connectivity index (χ0v) is 22.2. The van der Waals surface area contributed by atoms with Gasteiger partial charge in [-0.05, 0) is 43.9 Å². The molecule has 0 unspecified atom stereocenters. The second kappa shape index (κ2) is 11.9. The summed E-state index contributed by atoms with van der Waals surface area (Å²) in [4.78, 5) is 28.7. The van der Waals surface area contributed by atoms with E-state index in [1.165, 1.54) is 11.8 Å². The zero-order valence-electron chi connectivity index (χ0n) is 21.4. The van der Waals surface area contributed by atoms with Crippen LogP contribution in [0.2, 0.25) is 0 Å². The maximum Gasteiger partial charge on any atom is 0.244 e. The molecular weight excluding hydrogens is 494 g/mol. The van der Waals surface area contributed by atoms with Gasteiger partial charge in [0.2, 0.25) is 28.6 Å². The van der Waals surface area contributed by atoms with Crippen LogP contribution in [0.3, 0.4) is 0 Å². The highest BCUT2D eigenvalue weighted by atomic mass is 32.2. The third-order valence-corrected chi connectivity index (χ3v) is 8.65. The highest BCUT2D eigenvalue weighted by molar-refractivity contribution is 7.92. The number of nitrogens with zero attached hydrogens (tertiary/aromatic N) is 2. The maximum absolute atomic E-state index is 13.9. The molecule has 200 valence electrons. The largest absolute Gasteiger partial charge is 0.454 e. The number of benzene rings is 2. The molecular formula is C27H35N3O6S. The minimum absolute atomic E-state index is 0.0530. The molecule has 1 atom stereocenters. The van der Waals surface area contributed by atoms with E-state index in [9.17, 15) is 18.0 Å². The van der Waals surface area contributed by atoms with E-state index in [4.69, 9.17) is 9.47 Å². The predicted octanol–water partition coefficient (Wildman–Crippen LogP) is 3.44. The lowest BCUT2D eigenvalue weighted by Gasteiger charge is -2.33. The summed E-state index contributed by atoms with van der Waals surface area (Å²) in [7, 11) is -3.81. The van der Waals surface area contributed by atoms with Crippen LogP contribution in [-0.2, 0) is 26.2 Å². The molecule has 1 fully saturated rings. The fourth-order valence-corrected chi connectivity index (χ4v) is 5.88. The number of amides is 2. The molecule has 0 aromatic heterocycles. The van der Waals surface area contributed by atoms with Gasteiger partial charge in [0.05, 0.1) is 11.4 Å². The molecule has 1 aliphatic carbocycles. The first kappa shape index (κ1) is 26.8. The van der Waals surface area contributed by atoms with Crippen molar-refractivity contribution >= 4 is 27.5 Å². The molecule has 37 heavy (non-hydrogen) atoms. The van der Waals surface area contributed by atoms with Crippen LogP contribution in [0.4, 0.5) is 5.69 Å². The van der Waals surface area contributed by atoms with Crippen LogP contribution >= 0.6 is 0 Å². The summed E-state index contributed by atoms with van der Waals surface area (Å²) in [5.41, 5.74) is 1.17. The lowest BCUT2D eigenvalue weighted by molar-refractivity contribution is -0.140. The van der Waals surface area contributed by atoms with Gasteiger partial charge in [-0.25, -0.2) is 8.42 Å². The zero-order chi connectivity index (χ0) is 26.4. The van der Waals surface area contributed by atoms with E-state index < -0.39 is 28.5 Å². The fraction of sp³-hybridized carbons (Fsp3) is 0.481. The number of carbonyl (C=O) groups excluding carboxylic acids is 2. The Morgan fingerprint density at radius 2 is 1.73 bits per heavy atom. The normalized spacial score (nSPS) is 15.8. The number of carbonyl (C=O) groups is 2. The van der Waals surface area contributed by atoms with Crippen molar-refractivity contribution in [2.45, 2.75) is 64.6 Å². The summed E-state index contributed by atoms with van der Waals surface area (Å²) in [6.07, 6.45) is 4.42. The monoisotopic (exact) mass is 529 g/mol. The molecule has 1 heterocycles. The van der Waals surface area contributed by atoms with Gasteiger partial charge in [0.25, 0.3) is 0 Å². The Bertz CT molecular complexity index is 1200. The number of hydrogen-bond donors (Lipinski definition) is 1. The van der Waals surface area contributed by atoms with E-state index >= 15 is 0 Å². The van der Waals surface area contributed by atoms with E-state index in [1.807, 2.05) is 37.3 Å². The Morgan fingerprint density at radius 1 is 1.03 bits per heavy atom. The number of ether oxygens (including phenoxy) is 2. The topological polar surface area (TPSA) is 105 Å². The second-order valence-electron chi connectivity index (χ2n) is 9.37. The number of rotatable bonds is 11. The molecule has 0 spiro atoms. The molecule has 2 aliphatic rings. The van der Waals surface area contributed by atoms with Crippen LogP contribution in [0.5, 0.6) is 11.5 Å². The maximum atomic E-state index is 13.9. The van der Waals surface area contributed by atoms with Gasteiger partial charge in [0, 0.05) is 18.7 Å². The summed E-state index contributed by atoms with van der Waals surface area (Å²) in [5, 5.41) is 3.11. The Kier molecular flexibility index (Phi) is 8.58. The first-order chi connectivity index (χ1) is 17.8. The Balaban J connectivity index is 1.63. The van der Waals surface area contributed by atoms with Crippen LogP contribution in [0, 0.1) is 0 Å². The molecule has 0 radical (unpaired) electrons. The summed E-state index contributed by atoms with van der Waals surface area (Å²) >= 11 is 0. The number of hydrogen-bond acceptors (Lipinski definition) is 6. The van der Waals surface area contributed by atoms with Crippen molar-refractivity contribution in [3.8, 4) is 11.5 Å². The van der Waals surface area contributed by atoms with Crippen molar-refractivity contribution in [2.75, 3.05) is 23.4 Å². The van der Waals surface area contributed by atoms with Gasteiger partial charge in [-0.3, -0.25) is 13.9 Å². The third kappa shape index (κ3) is 6.36. The van der Waals surface area contributed by atoms with Gasteiger partial charge in [-0.2, -0.15) is 0 Å². The highest BCUT2D eigenvalue weighted by Gasteiger charge is 2.34. The van der Waals surface area contributed by atoms with Crippen molar-refractivity contribution < 1.29 is 27.5 Å². The van der Waals surface area contributed by atoms with Gasteiger partial charge in [0.1, 0.15) is 12.6 Å². The second-order valence-corrected chi connectivity index (χ2v) is 11.5. The Morgan fingerprint density at radius 3 is 2.41 bits per heavy atom. The van der Waals surface area contributed by atoms with E-state index in [0.717, 1.165) is 35.6 Å². The Labute approximate surface area is 218 Å². The van der Waals surface area contributed by atoms with Gasteiger partial charge in [0.15, 0.2) is 11.5 Å². The van der Waals surface area contributed by atoms with Crippen LogP contribution < -0.4 is 19.1 Å². The smallest absolute Gasteiger partial charge is 0.244 e. The number of fused-ring (bicyclic) bond motifs is 1. The third-order valence-electron chi connectivity index (χ3n) is 6.91. The first-order valence-corrected chi connectivity index (χ1v) is 14.5. The standard InChI is InChI=1S/C27H35N3O6S/c1-3-23(27(32)28-21-12-8-9-13-21)29(17-20-10-6-5-7-11-20)26(31)18-30(37(33,34)4-2)22-14-15-24-25(16-22)36-19-35-24/h5-7,10-11,14-16,21,23H,3-4,8-9,12-13,17-19H2,1-2H3,(H,28,32)/t23-/m1/s1. The van der Waals surface area contributed by atoms with Gasteiger partial charge < -0.3 is 19.7 Å². The van der Waals surface area contributed by atoms with Gasteiger partial charge >= 0.3 is 0 Å². The van der Waals surface area contributed by atoms with Crippen LogP contribution in [0.15, 0.2) is 48.5 Å². The summed E-state index contributed by atoms with van der Waals surface area (Å²) in [6, 6.07) is 13.6. The lowest BCUT2D eigenvalue weighted by Crippen LogP contribution is -2.53. The van der Waals surface area contributed by atoms with E-state index in [2.05, 4.69) is 5.32 Å². The minimum Gasteiger partial charge on any atom is -0.454 e. The van der Waals surface area contributed by atoms with Crippen molar-refractivity contribution in [3.63, 3.8) is 0 Å². The van der Waals surface area contributed by atoms with Crippen molar-refractivity contribution in [2.24, 2.45) is 0 Å². The number of anilines is 1. The molecule has 2 aromatic rings. The average Bonchev–Trinajstić information content (AvgIpc) is 3.59. The molecule has 1 aliphatic heterocycles. The first-order valence-electron chi connectivity index (χ1n) is 12.9. The Hall–Kier alpha value is -3.27. The van der Waals surface area contributed by atoms with Crippen LogP contribution in [-0.4, -0.2) is 56.3 Å². The lowest BCUT2D eigenvalue weighted by atomic mass is 10.1. The summed E-state index contributed by atoms with van der Waals surface area (Å²) in [5.74, 6) is 0.0971. The SMILES string of the molecule is CC[C@H](C(=O)NC1CCCC1)N(Cc1ccccc1)C(=O)CN(c1ccc2c(c1)OCO2)S(=O)(=O)CC. The molecule has 1 N–H and O–H groups in total. The highest BCUT2D eigenvalue weighted by Crippen LogP contribution is 2.36. The predicted molar refractivity (Wildman–Crippen MR) is 141 cm³/mol. The average molecular weight is 530 g/mol. The number of sulfonamides is 1. The quantitative estimate of drug-likeness (QED) is 0.478. The van der Waals surface area contributed by atoms with Crippen molar-refractivity contribution in [3.05, 3.63) is 54.1 Å². The van der Waals surface area contributed by atoms with Crippen molar-refractivity contribution in [1.29, 1.82) is 0 Å².